The van der Waals surface area contributed by atoms with E-state index in [1.54, 1.807) is 23.3 Å². The number of piperidine rings is 2. The predicted octanol–water partition coefficient (Wildman–Crippen LogP) is 2.65. The summed E-state index contributed by atoms with van der Waals surface area (Å²) < 4.78 is 0. The molecule has 0 bridgehead atoms. The number of para-hydroxylation sites is 1. The second-order valence-electron chi connectivity index (χ2n) is 8.85. The topological polar surface area (TPSA) is 104 Å². The molecule has 5 rings (SSSR count). The summed E-state index contributed by atoms with van der Waals surface area (Å²) in [7, 11) is 0. The van der Waals surface area contributed by atoms with Gasteiger partial charge in [0.2, 0.25) is 11.9 Å². The summed E-state index contributed by atoms with van der Waals surface area (Å²) in [5.74, 6) is 0.821. The lowest BCUT2D eigenvalue weighted by atomic mass is 9.71. The Bertz CT molecular complexity index is 1190. The fourth-order valence-electron chi connectivity index (χ4n) is 5.04. The second kappa shape index (κ2) is 8.62. The first-order chi connectivity index (χ1) is 16.1. The molecule has 0 saturated carbocycles. The predicted molar refractivity (Wildman–Crippen MR) is 121 cm³/mol. The minimum atomic E-state index is -0.338. The standard InChI is InChI=1S/C24H26N8O/c1-18-15-20(16-25)29-23(28-18)30-13-8-24(9-14-30)7-4-12-31(22(24)33)17-19-5-2-3-6-21(19)32-26-10-11-27-32/h2-3,5-6,10-11,15H,4,7-9,12-14,17H2,1H3. The van der Waals surface area contributed by atoms with Crippen LogP contribution in [0.3, 0.4) is 0 Å². The Balaban J connectivity index is 1.32. The van der Waals surface area contributed by atoms with Crippen molar-refractivity contribution in [3.8, 4) is 11.8 Å². The first-order valence-corrected chi connectivity index (χ1v) is 11.3. The van der Waals surface area contributed by atoms with Gasteiger partial charge >= 0.3 is 0 Å². The van der Waals surface area contributed by atoms with Gasteiger partial charge in [0, 0.05) is 31.9 Å². The number of nitrogens with zero attached hydrogens (tertiary/aromatic N) is 8. The number of aromatic nitrogens is 5. The molecule has 2 saturated heterocycles. The van der Waals surface area contributed by atoms with E-state index in [0.29, 0.717) is 31.3 Å². The van der Waals surface area contributed by atoms with Gasteiger partial charge in [0.25, 0.3) is 0 Å². The third-order valence-corrected chi connectivity index (χ3v) is 6.77. The summed E-state index contributed by atoms with van der Waals surface area (Å²) in [4.78, 5) is 28.3. The molecule has 168 valence electrons. The van der Waals surface area contributed by atoms with E-state index < -0.39 is 0 Å². The summed E-state index contributed by atoms with van der Waals surface area (Å²) >= 11 is 0. The van der Waals surface area contributed by atoms with Crippen LogP contribution < -0.4 is 4.90 Å². The molecule has 1 aromatic carbocycles. The number of carbonyl (C=O) groups is 1. The average molecular weight is 443 g/mol. The normalized spacial score (nSPS) is 17.9. The monoisotopic (exact) mass is 442 g/mol. The zero-order valence-corrected chi connectivity index (χ0v) is 18.7. The molecule has 2 aliphatic heterocycles. The van der Waals surface area contributed by atoms with E-state index in [1.165, 1.54) is 0 Å². The zero-order chi connectivity index (χ0) is 22.8. The van der Waals surface area contributed by atoms with Crippen molar-refractivity contribution in [2.24, 2.45) is 5.41 Å². The molecule has 0 aliphatic carbocycles. The maximum atomic E-state index is 13.7. The van der Waals surface area contributed by atoms with Gasteiger partial charge in [-0.15, -0.1) is 0 Å². The van der Waals surface area contributed by atoms with E-state index in [9.17, 15) is 10.1 Å². The summed E-state index contributed by atoms with van der Waals surface area (Å²) in [5, 5.41) is 17.8. The third-order valence-electron chi connectivity index (χ3n) is 6.77. The molecule has 2 aromatic heterocycles. The van der Waals surface area contributed by atoms with E-state index in [1.807, 2.05) is 36.1 Å². The van der Waals surface area contributed by atoms with Crippen LogP contribution in [0.15, 0.2) is 42.7 Å². The molecule has 0 radical (unpaired) electrons. The highest BCUT2D eigenvalue weighted by Gasteiger charge is 2.46. The van der Waals surface area contributed by atoms with Gasteiger partial charge in [0.15, 0.2) is 0 Å². The maximum absolute atomic E-state index is 13.7. The molecule has 33 heavy (non-hydrogen) atoms. The molecule has 0 N–H and O–H groups in total. The van der Waals surface area contributed by atoms with Crippen molar-refractivity contribution in [2.75, 3.05) is 24.5 Å². The summed E-state index contributed by atoms with van der Waals surface area (Å²) in [6.45, 7) is 4.60. The van der Waals surface area contributed by atoms with Crippen molar-refractivity contribution >= 4 is 11.9 Å². The van der Waals surface area contributed by atoms with Crippen LogP contribution in [0.2, 0.25) is 0 Å². The number of benzene rings is 1. The fraction of sp³-hybridized carbons (Fsp3) is 0.417. The quantitative estimate of drug-likeness (QED) is 0.612. The Morgan fingerprint density at radius 2 is 1.82 bits per heavy atom. The van der Waals surface area contributed by atoms with Crippen molar-refractivity contribution in [3.63, 3.8) is 0 Å². The Hall–Kier alpha value is -3.80. The van der Waals surface area contributed by atoms with Crippen LogP contribution >= 0.6 is 0 Å². The first-order valence-electron chi connectivity index (χ1n) is 11.3. The van der Waals surface area contributed by atoms with E-state index in [0.717, 1.165) is 49.2 Å². The lowest BCUT2D eigenvalue weighted by molar-refractivity contribution is -0.148. The summed E-state index contributed by atoms with van der Waals surface area (Å²) in [5.41, 5.74) is 2.75. The fourth-order valence-corrected chi connectivity index (χ4v) is 5.04. The van der Waals surface area contributed by atoms with Crippen LogP contribution in [-0.2, 0) is 11.3 Å². The molecular formula is C24H26N8O. The summed E-state index contributed by atoms with van der Waals surface area (Å²) in [6, 6.07) is 11.8. The molecular weight excluding hydrogens is 416 g/mol. The molecule has 3 aromatic rings. The van der Waals surface area contributed by atoms with Crippen LogP contribution in [0.4, 0.5) is 5.95 Å². The molecule has 9 heteroatoms. The maximum Gasteiger partial charge on any atom is 0.229 e. The molecule has 4 heterocycles. The number of rotatable bonds is 4. The highest BCUT2D eigenvalue weighted by Crippen LogP contribution is 2.42. The number of anilines is 1. The lowest BCUT2D eigenvalue weighted by Gasteiger charge is -2.46. The van der Waals surface area contributed by atoms with Gasteiger partial charge in [-0.05, 0) is 50.3 Å². The Morgan fingerprint density at radius 1 is 1.06 bits per heavy atom. The number of amides is 1. The minimum absolute atomic E-state index is 0.236. The zero-order valence-electron chi connectivity index (χ0n) is 18.7. The number of hydrogen-bond acceptors (Lipinski definition) is 7. The molecule has 1 amide bonds. The number of likely N-dealkylation sites (tertiary alicyclic amines) is 1. The van der Waals surface area contributed by atoms with Gasteiger partial charge in [-0.1, -0.05) is 18.2 Å². The number of carbonyl (C=O) groups excluding carboxylic acids is 1. The van der Waals surface area contributed by atoms with E-state index in [4.69, 9.17) is 0 Å². The number of aryl methyl sites for hydroxylation is 1. The van der Waals surface area contributed by atoms with E-state index in [-0.39, 0.29) is 11.3 Å². The first kappa shape index (κ1) is 21.1. The largest absolute Gasteiger partial charge is 0.341 e. The smallest absolute Gasteiger partial charge is 0.229 e. The van der Waals surface area contributed by atoms with Crippen LogP contribution in [0.25, 0.3) is 5.69 Å². The van der Waals surface area contributed by atoms with Crippen molar-refractivity contribution in [3.05, 3.63) is 59.7 Å². The molecule has 0 unspecified atom stereocenters. The summed E-state index contributed by atoms with van der Waals surface area (Å²) in [6.07, 6.45) is 6.75. The van der Waals surface area contributed by atoms with Gasteiger partial charge in [-0.3, -0.25) is 4.79 Å². The third kappa shape index (κ3) is 4.04. The van der Waals surface area contributed by atoms with Gasteiger partial charge in [-0.25, -0.2) is 9.97 Å². The van der Waals surface area contributed by atoms with Crippen molar-refractivity contribution in [2.45, 2.75) is 39.2 Å². The minimum Gasteiger partial charge on any atom is -0.341 e. The van der Waals surface area contributed by atoms with Gasteiger partial charge < -0.3 is 9.80 Å². The second-order valence-corrected chi connectivity index (χ2v) is 8.85. The van der Waals surface area contributed by atoms with Crippen molar-refractivity contribution in [1.82, 2.24) is 29.9 Å². The highest BCUT2D eigenvalue weighted by molar-refractivity contribution is 5.84. The number of hydrogen-bond donors (Lipinski definition) is 0. The van der Waals surface area contributed by atoms with Gasteiger partial charge in [0.05, 0.1) is 23.5 Å². The average Bonchev–Trinajstić information content (AvgIpc) is 3.37. The molecule has 1 spiro atoms. The molecule has 9 nitrogen and oxygen atoms in total. The molecule has 2 aliphatic rings. The van der Waals surface area contributed by atoms with Crippen LogP contribution in [0, 0.1) is 23.7 Å². The Labute approximate surface area is 192 Å². The van der Waals surface area contributed by atoms with Crippen molar-refractivity contribution < 1.29 is 4.79 Å². The molecule has 2 fully saturated rings. The molecule has 0 atom stereocenters. The van der Waals surface area contributed by atoms with Crippen LogP contribution in [0.5, 0.6) is 0 Å². The van der Waals surface area contributed by atoms with Crippen molar-refractivity contribution in [1.29, 1.82) is 5.26 Å². The lowest BCUT2D eigenvalue weighted by Crippen LogP contribution is -2.53. The van der Waals surface area contributed by atoms with Crippen LogP contribution in [0.1, 0.15) is 42.6 Å². The van der Waals surface area contributed by atoms with E-state index in [2.05, 4.69) is 31.1 Å². The van der Waals surface area contributed by atoms with Gasteiger partial charge in [0.1, 0.15) is 11.8 Å². The SMILES string of the molecule is Cc1cc(C#N)nc(N2CCC3(CCCN(Cc4ccccc4-n4nccn4)C3=O)CC2)n1. The van der Waals surface area contributed by atoms with Crippen LogP contribution in [-0.4, -0.2) is 55.4 Å². The Kier molecular flexibility index (Phi) is 5.50. The van der Waals surface area contributed by atoms with E-state index >= 15 is 0 Å². The Morgan fingerprint density at radius 3 is 2.58 bits per heavy atom. The van der Waals surface area contributed by atoms with Gasteiger partial charge in [-0.2, -0.15) is 20.3 Å². The highest BCUT2D eigenvalue weighted by atomic mass is 16.2. The number of nitriles is 1.